The summed E-state index contributed by atoms with van der Waals surface area (Å²) in [5.41, 5.74) is 5.88. The van der Waals surface area contributed by atoms with E-state index in [1.54, 1.807) is 24.3 Å². The maximum absolute atomic E-state index is 13.6. The second kappa shape index (κ2) is 8.64. The first kappa shape index (κ1) is 21.8. The number of aryl methyl sites for hydroxylation is 2. The molecule has 2 amide bonds. The smallest absolute Gasteiger partial charge is 0.282 e. The molecule has 0 aliphatic carbocycles. The molecule has 0 bridgehead atoms. The quantitative estimate of drug-likeness (QED) is 0.590. The molecule has 0 saturated heterocycles. The zero-order valence-electron chi connectivity index (χ0n) is 19.0. The second-order valence-electron chi connectivity index (χ2n) is 8.24. The van der Waals surface area contributed by atoms with Crippen molar-refractivity contribution < 1.29 is 9.59 Å². The Hall–Kier alpha value is -4.37. The fourth-order valence-electron chi connectivity index (χ4n) is 3.90. The number of nitrogens with one attached hydrogen (secondary N) is 1. The third kappa shape index (κ3) is 4.09. The predicted octanol–water partition coefficient (Wildman–Crippen LogP) is 4.64. The molecular formula is C27H24N4O2. The zero-order chi connectivity index (χ0) is 23.7. The SMILES string of the molecule is Cc1ccc(C2=C(Nc3ccc(N(C)C)cc3)C(=O)N(c3ccc(C#N)cc3)C2=O)c(C)c1. The minimum absolute atomic E-state index is 0.230. The van der Waals surface area contributed by atoms with E-state index < -0.39 is 11.8 Å². The molecule has 0 aromatic heterocycles. The van der Waals surface area contributed by atoms with Gasteiger partial charge >= 0.3 is 0 Å². The summed E-state index contributed by atoms with van der Waals surface area (Å²) in [6.07, 6.45) is 0. The van der Waals surface area contributed by atoms with Crippen molar-refractivity contribution >= 4 is 34.4 Å². The number of imide groups is 1. The highest BCUT2D eigenvalue weighted by Crippen LogP contribution is 2.35. The molecule has 1 aliphatic heterocycles. The van der Waals surface area contributed by atoms with Gasteiger partial charge in [0.1, 0.15) is 5.70 Å². The minimum Gasteiger partial charge on any atom is -0.378 e. The molecule has 0 atom stereocenters. The van der Waals surface area contributed by atoms with Gasteiger partial charge in [-0.05, 0) is 73.5 Å². The van der Waals surface area contributed by atoms with Gasteiger partial charge in [-0.2, -0.15) is 5.26 Å². The molecule has 3 aromatic carbocycles. The van der Waals surface area contributed by atoms with Crippen LogP contribution in [0.25, 0.3) is 5.57 Å². The highest BCUT2D eigenvalue weighted by Gasteiger charge is 2.40. The molecule has 0 saturated carbocycles. The largest absolute Gasteiger partial charge is 0.378 e. The van der Waals surface area contributed by atoms with Gasteiger partial charge in [0.15, 0.2) is 0 Å². The molecule has 1 aliphatic rings. The van der Waals surface area contributed by atoms with Gasteiger partial charge in [-0.15, -0.1) is 0 Å². The van der Waals surface area contributed by atoms with E-state index in [-0.39, 0.29) is 5.70 Å². The highest BCUT2D eigenvalue weighted by atomic mass is 16.2. The number of carbonyl (C=O) groups is 2. The molecule has 0 spiro atoms. The van der Waals surface area contributed by atoms with Crippen LogP contribution in [0.5, 0.6) is 0 Å². The summed E-state index contributed by atoms with van der Waals surface area (Å²) in [5.74, 6) is -0.833. The molecule has 1 N–H and O–H groups in total. The highest BCUT2D eigenvalue weighted by molar-refractivity contribution is 6.46. The number of rotatable bonds is 5. The van der Waals surface area contributed by atoms with Crippen LogP contribution in [-0.2, 0) is 9.59 Å². The summed E-state index contributed by atoms with van der Waals surface area (Å²) >= 11 is 0. The van der Waals surface area contributed by atoms with Gasteiger partial charge in [-0.1, -0.05) is 23.8 Å². The standard InChI is InChI=1S/C27H24N4O2/c1-17-5-14-23(18(2)15-17)24-25(29-20-8-12-21(13-9-20)30(3)4)27(33)31(26(24)32)22-10-6-19(16-28)7-11-22/h5-15,29H,1-4H3. The summed E-state index contributed by atoms with van der Waals surface area (Å²) in [6, 6.07) is 21.9. The lowest BCUT2D eigenvalue weighted by molar-refractivity contribution is -0.120. The lowest BCUT2D eigenvalue weighted by Gasteiger charge is -2.16. The third-order valence-corrected chi connectivity index (χ3v) is 5.64. The van der Waals surface area contributed by atoms with Gasteiger partial charge in [-0.3, -0.25) is 9.59 Å². The average molecular weight is 437 g/mol. The van der Waals surface area contributed by atoms with Gasteiger partial charge in [0.2, 0.25) is 0 Å². The maximum atomic E-state index is 13.6. The molecule has 0 radical (unpaired) electrons. The summed E-state index contributed by atoms with van der Waals surface area (Å²) in [6.45, 7) is 3.92. The lowest BCUT2D eigenvalue weighted by Crippen LogP contribution is -2.32. The molecule has 6 nitrogen and oxygen atoms in total. The van der Waals surface area contributed by atoms with E-state index in [1.807, 2.05) is 75.3 Å². The Morgan fingerprint density at radius 1 is 0.879 bits per heavy atom. The van der Waals surface area contributed by atoms with Crippen molar-refractivity contribution in [2.24, 2.45) is 0 Å². The van der Waals surface area contributed by atoms with Crippen molar-refractivity contribution in [3.63, 3.8) is 0 Å². The van der Waals surface area contributed by atoms with E-state index in [4.69, 9.17) is 5.26 Å². The maximum Gasteiger partial charge on any atom is 0.282 e. The average Bonchev–Trinajstić information content (AvgIpc) is 3.03. The molecule has 4 rings (SSSR count). The Balaban J connectivity index is 1.80. The molecule has 1 heterocycles. The van der Waals surface area contributed by atoms with Crippen LogP contribution >= 0.6 is 0 Å². The van der Waals surface area contributed by atoms with Crippen molar-refractivity contribution in [2.75, 3.05) is 29.2 Å². The molecule has 0 fully saturated rings. The Morgan fingerprint density at radius 3 is 2.12 bits per heavy atom. The fourth-order valence-corrected chi connectivity index (χ4v) is 3.90. The number of hydrogen-bond acceptors (Lipinski definition) is 5. The van der Waals surface area contributed by atoms with E-state index >= 15 is 0 Å². The molecule has 0 unspecified atom stereocenters. The molecule has 3 aromatic rings. The van der Waals surface area contributed by atoms with Crippen molar-refractivity contribution in [3.8, 4) is 6.07 Å². The number of anilines is 3. The van der Waals surface area contributed by atoms with E-state index in [0.29, 0.717) is 28.1 Å². The van der Waals surface area contributed by atoms with E-state index in [1.165, 1.54) is 0 Å². The van der Waals surface area contributed by atoms with Crippen LogP contribution < -0.4 is 15.1 Å². The van der Waals surface area contributed by atoms with Gasteiger partial charge in [-0.25, -0.2) is 4.90 Å². The fraction of sp³-hybridized carbons (Fsp3) is 0.148. The number of hydrogen-bond donors (Lipinski definition) is 1. The Morgan fingerprint density at radius 2 is 1.55 bits per heavy atom. The molecule has 6 heteroatoms. The van der Waals surface area contributed by atoms with E-state index in [0.717, 1.165) is 21.7 Å². The second-order valence-corrected chi connectivity index (χ2v) is 8.24. The lowest BCUT2D eigenvalue weighted by atomic mass is 9.97. The van der Waals surface area contributed by atoms with Crippen molar-refractivity contribution in [1.82, 2.24) is 0 Å². The third-order valence-electron chi connectivity index (χ3n) is 5.64. The van der Waals surface area contributed by atoms with Crippen LogP contribution in [-0.4, -0.2) is 25.9 Å². The number of nitriles is 1. The Kier molecular flexibility index (Phi) is 5.72. The Bertz CT molecular complexity index is 1310. The first-order valence-corrected chi connectivity index (χ1v) is 10.6. The summed E-state index contributed by atoms with van der Waals surface area (Å²) in [4.78, 5) is 30.3. The molecule has 33 heavy (non-hydrogen) atoms. The van der Waals surface area contributed by atoms with Crippen LogP contribution in [0, 0.1) is 25.2 Å². The predicted molar refractivity (Wildman–Crippen MR) is 131 cm³/mol. The van der Waals surface area contributed by atoms with E-state index in [2.05, 4.69) is 11.4 Å². The Labute approximate surface area is 193 Å². The summed E-state index contributed by atoms with van der Waals surface area (Å²) in [7, 11) is 3.91. The monoisotopic (exact) mass is 436 g/mol. The number of carbonyl (C=O) groups excluding carboxylic acids is 2. The normalized spacial score (nSPS) is 13.4. The zero-order valence-corrected chi connectivity index (χ0v) is 19.0. The van der Waals surface area contributed by atoms with Gasteiger partial charge in [0, 0.05) is 25.5 Å². The van der Waals surface area contributed by atoms with Crippen LogP contribution in [0.1, 0.15) is 22.3 Å². The molecule has 164 valence electrons. The van der Waals surface area contributed by atoms with Gasteiger partial charge < -0.3 is 10.2 Å². The summed E-state index contributed by atoms with van der Waals surface area (Å²) < 4.78 is 0. The van der Waals surface area contributed by atoms with Crippen molar-refractivity contribution in [2.45, 2.75) is 13.8 Å². The number of nitrogens with zero attached hydrogens (tertiary/aromatic N) is 3. The van der Waals surface area contributed by atoms with Crippen LogP contribution in [0.15, 0.2) is 72.4 Å². The topological polar surface area (TPSA) is 76.4 Å². The van der Waals surface area contributed by atoms with E-state index in [9.17, 15) is 9.59 Å². The van der Waals surface area contributed by atoms with Crippen LogP contribution in [0.3, 0.4) is 0 Å². The first-order chi connectivity index (χ1) is 15.8. The van der Waals surface area contributed by atoms with Crippen molar-refractivity contribution in [3.05, 3.63) is 94.7 Å². The molecular weight excluding hydrogens is 412 g/mol. The van der Waals surface area contributed by atoms with Gasteiger partial charge in [0.05, 0.1) is 22.9 Å². The summed E-state index contributed by atoms with van der Waals surface area (Å²) in [5, 5.41) is 12.3. The number of amides is 2. The van der Waals surface area contributed by atoms with Gasteiger partial charge in [0.25, 0.3) is 11.8 Å². The van der Waals surface area contributed by atoms with Crippen LogP contribution in [0.4, 0.5) is 17.1 Å². The van der Waals surface area contributed by atoms with Crippen LogP contribution in [0.2, 0.25) is 0 Å². The number of benzene rings is 3. The van der Waals surface area contributed by atoms with Crippen molar-refractivity contribution in [1.29, 1.82) is 5.26 Å². The first-order valence-electron chi connectivity index (χ1n) is 10.6. The minimum atomic E-state index is -0.434.